The summed E-state index contributed by atoms with van der Waals surface area (Å²) in [7, 11) is 1.75. The smallest absolute Gasteiger partial charge is 0.195 e. The van der Waals surface area contributed by atoms with E-state index in [2.05, 4.69) is 9.88 Å². The Hall–Kier alpha value is -1.11. The van der Waals surface area contributed by atoms with E-state index < -0.39 is 0 Å². The minimum absolute atomic E-state index is 0.0265. The monoisotopic (exact) mass is 281 g/mol. The fourth-order valence-electron chi connectivity index (χ4n) is 2.85. The molecule has 2 aromatic heterocycles. The molecule has 3 rings (SSSR count). The number of ether oxygens (including phenoxy) is 1. The molecule has 19 heavy (non-hydrogen) atoms. The molecular formula is C13H19N3O2S. The highest BCUT2D eigenvalue weighted by molar-refractivity contribution is 7.15. The summed E-state index contributed by atoms with van der Waals surface area (Å²) in [6, 6.07) is 0. The SMILES string of the molecule is COCC1CCCN(c2nc3sccn3c2CO)C1. The van der Waals surface area contributed by atoms with Crippen LogP contribution in [-0.4, -0.2) is 41.3 Å². The number of hydrogen-bond donors (Lipinski definition) is 1. The minimum atomic E-state index is 0.0265. The van der Waals surface area contributed by atoms with Gasteiger partial charge in [-0.2, -0.15) is 0 Å². The highest BCUT2D eigenvalue weighted by Crippen LogP contribution is 2.28. The highest BCUT2D eigenvalue weighted by atomic mass is 32.1. The standard InChI is InChI=1S/C13H19N3O2S/c1-18-9-10-3-2-4-15(7-10)12-11(8-17)16-5-6-19-13(16)14-12/h5-6,10,17H,2-4,7-9H2,1H3. The minimum Gasteiger partial charge on any atom is -0.390 e. The van der Waals surface area contributed by atoms with Gasteiger partial charge in [0.15, 0.2) is 10.8 Å². The van der Waals surface area contributed by atoms with Gasteiger partial charge in [-0.3, -0.25) is 4.40 Å². The van der Waals surface area contributed by atoms with Crippen LogP contribution in [0.5, 0.6) is 0 Å². The number of piperidine rings is 1. The number of nitrogens with zero attached hydrogens (tertiary/aromatic N) is 3. The number of methoxy groups -OCH3 is 1. The van der Waals surface area contributed by atoms with Gasteiger partial charge in [-0.15, -0.1) is 11.3 Å². The van der Waals surface area contributed by atoms with E-state index in [0.29, 0.717) is 5.92 Å². The largest absolute Gasteiger partial charge is 0.390 e. The summed E-state index contributed by atoms with van der Waals surface area (Å²) in [5.41, 5.74) is 0.898. The highest BCUT2D eigenvalue weighted by Gasteiger charge is 2.24. The fraction of sp³-hybridized carbons (Fsp3) is 0.615. The van der Waals surface area contributed by atoms with E-state index in [1.807, 2.05) is 16.0 Å². The molecule has 0 aromatic carbocycles. The first kappa shape index (κ1) is 12.9. The zero-order valence-corrected chi connectivity index (χ0v) is 11.9. The van der Waals surface area contributed by atoms with E-state index in [0.717, 1.165) is 42.6 Å². The van der Waals surface area contributed by atoms with Crippen LogP contribution in [0.2, 0.25) is 0 Å². The van der Waals surface area contributed by atoms with Gasteiger partial charge in [0.05, 0.1) is 18.9 Å². The Bertz CT molecular complexity index is 549. The Labute approximate surface area is 116 Å². The van der Waals surface area contributed by atoms with Crippen molar-refractivity contribution in [1.29, 1.82) is 0 Å². The molecule has 5 nitrogen and oxygen atoms in total. The average molecular weight is 281 g/mol. The van der Waals surface area contributed by atoms with Gasteiger partial charge in [-0.1, -0.05) is 0 Å². The van der Waals surface area contributed by atoms with Crippen LogP contribution in [-0.2, 0) is 11.3 Å². The zero-order chi connectivity index (χ0) is 13.2. The van der Waals surface area contributed by atoms with E-state index in [1.54, 1.807) is 18.4 Å². The average Bonchev–Trinajstić information content (AvgIpc) is 2.99. The fourth-order valence-corrected chi connectivity index (χ4v) is 3.58. The molecule has 0 saturated carbocycles. The number of fused-ring (bicyclic) bond motifs is 1. The number of hydrogen-bond acceptors (Lipinski definition) is 5. The molecule has 1 aliphatic rings. The number of imidazole rings is 1. The number of anilines is 1. The van der Waals surface area contributed by atoms with Crippen molar-refractivity contribution < 1.29 is 9.84 Å². The molecule has 3 heterocycles. The molecule has 0 spiro atoms. The van der Waals surface area contributed by atoms with Gasteiger partial charge in [0, 0.05) is 31.8 Å². The second-order valence-electron chi connectivity index (χ2n) is 5.01. The Balaban J connectivity index is 1.88. The molecule has 1 aliphatic heterocycles. The maximum absolute atomic E-state index is 9.62. The maximum atomic E-state index is 9.62. The van der Waals surface area contributed by atoms with Gasteiger partial charge in [-0.25, -0.2) is 4.98 Å². The second kappa shape index (κ2) is 5.48. The molecule has 1 atom stereocenters. The predicted octanol–water partition coefficient (Wildman–Crippen LogP) is 1.75. The summed E-state index contributed by atoms with van der Waals surface area (Å²) in [4.78, 5) is 7.91. The number of thiazole rings is 1. The molecule has 0 radical (unpaired) electrons. The van der Waals surface area contributed by atoms with Gasteiger partial charge in [0.2, 0.25) is 0 Å². The lowest BCUT2D eigenvalue weighted by atomic mass is 9.99. The van der Waals surface area contributed by atoms with Crippen molar-refractivity contribution in [3.05, 3.63) is 17.3 Å². The molecule has 1 unspecified atom stereocenters. The maximum Gasteiger partial charge on any atom is 0.195 e. The third-order valence-corrected chi connectivity index (χ3v) is 4.47. The van der Waals surface area contributed by atoms with E-state index in [-0.39, 0.29) is 6.61 Å². The molecule has 1 fully saturated rings. The van der Waals surface area contributed by atoms with Crippen LogP contribution in [0.3, 0.4) is 0 Å². The number of aliphatic hydroxyl groups is 1. The molecule has 2 aromatic rings. The topological polar surface area (TPSA) is 50.0 Å². The molecule has 0 aliphatic carbocycles. The Morgan fingerprint density at radius 1 is 1.58 bits per heavy atom. The molecule has 104 valence electrons. The summed E-state index contributed by atoms with van der Waals surface area (Å²) in [5.74, 6) is 1.50. The van der Waals surface area contributed by atoms with E-state index in [1.165, 1.54) is 6.42 Å². The van der Waals surface area contributed by atoms with Crippen molar-refractivity contribution >= 4 is 22.1 Å². The van der Waals surface area contributed by atoms with E-state index >= 15 is 0 Å². The van der Waals surface area contributed by atoms with E-state index in [9.17, 15) is 5.11 Å². The molecule has 6 heteroatoms. The second-order valence-corrected chi connectivity index (χ2v) is 5.88. The van der Waals surface area contributed by atoms with Crippen molar-refractivity contribution in [1.82, 2.24) is 9.38 Å². The molecular weight excluding hydrogens is 262 g/mol. The lowest BCUT2D eigenvalue weighted by Crippen LogP contribution is -2.37. The molecule has 0 amide bonds. The van der Waals surface area contributed by atoms with Crippen LogP contribution in [0.1, 0.15) is 18.5 Å². The van der Waals surface area contributed by atoms with Crippen molar-refractivity contribution in [2.24, 2.45) is 5.92 Å². The summed E-state index contributed by atoms with van der Waals surface area (Å²) in [6.07, 6.45) is 4.34. The van der Waals surface area contributed by atoms with Gasteiger partial charge >= 0.3 is 0 Å². The van der Waals surface area contributed by atoms with Crippen LogP contribution in [0, 0.1) is 5.92 Å². The number of aliphatic hydroxyl groups excluding tert-OH is 1. The van der Waals surface area contributed by atoms with Crippen LogP contribution in [0.15, 0.2) is 11.6 Å². The van der Waals surface area contributed by atoms with Crippen molar-refractivity contribution in [2.45, 2.75) is 19.4 Å². The normalized spacial score (nSPS) is 20.3. The lowest BCUT2D eigenvalue weighted by molar-refractivity contribution is 0.143. The summed E-state index contributed by atoms with van der Waals surface area (Å²) >= 11 is 1.60. The predicted molar refractivity (Wildman–Crippen MR) is 75.8 cm³/mol. The summed E-state index contributed by atoms with van der Waals surface area (Å²) in [5, 5.41) is 11.6. The number of rotatable bonds is 4. The first-order valence-corrected chi connectivity index (χ1v) is 7.50. The Kier molecular flexibility index (Phi) is 3.72. The first-order chi connectivity index (χ1) is 9.33. The van der Waals surface area contributed by atoms with Gasteiger partial charge in [0.25, 0.3) is 0 Å². The van der Waals surface area contributed by atoms with Gasteiger partial charge in [-0.05, 0) is 18.8 Å². The molecule has 1 saturated heterocycles. The quantitative estimate of drug-likeness (QED) is 0.927. The Morgan fingerprint density at radius 2 is 2.47 bits per heavy atom. The van der Waals surface area contributed by atoms with E-state index in [4.69, 9.17) is 4.74 Å². The zero-order valence-electron chi connectivity index (χ0n) is 11.1. The third-order valence-electron chi connectivity index (χ3n) is 3.71. The van der Waals surface area contributed by atoms with Crippen LogP contribution in [0.25, 0.3) is 4.96 Å². The van der Waals surface area contributed by atoms with Gasteiger partial charge < -0.3 is 14.7 Å². The Morgan fingerprint density at radius 3 is 3.26 bits per heavy atom. The van der Waals surface area contributed by atoms with Crippen molar-refractivity contribution in [2.75, 3.05) is 31.7 Å². The summed E-state index contributed by atoms with van der Waals surface area (Å²) < 4.78 is 7.25. The summed E-state index contributed by atoms with van der Waals surface area (Å²) in [6.45, 7) is 2.80. The van der Waals surface area contributed by atoms with Crippen LogP contribution in [0.4, 0.5) is 5.82 Å². The van der Waals surface area contributed by atoms with Crippen molar-refractivity contribution in [3.63, 3.8) is 0 Å². The van der Waals surface area contributed by atoms with Crippen molar-refractivity contribution in [3.8, 4) is 0 Å². The molecule has 1 N–H and O–H groups in total. The van der Waals surface area contributed by atoms with Crippen LogP contribution < -0.4 is 4.90 Å². The third kappa shape index (κ3) is 2.35. The number of aromatic nitrogens is 2. The molecule has 0 bridgehead atoms. The lowest BCUT2D eigenvalue weighted by Gasteiger charge is -2.33. The van der Waals surface area contributed by atoms with Gasteiger partial charge in [0.1, 0.15) is 0 Å². The first-order valence-electron chi connectivity index (χ1n) is 6.62. The van der Waals surface area contributed by atoms with Crippen LogP contribution >= 0.6 is 11.3 Å².